The highest BCUT2D eigenvalue weighted by molar-refractivity contribution is 6.15. The summed E-state index contributed by atoms with van der Waals surface area (Å²) < 4.78 is 37.0. The average Bonchev–Trinajstić information content (AvgIpc) is 2.30. The molecule has 92 valence electrons. The standard InChI is InChI=1S/C11H13F3.CH3Cl/c1-3-8(2)9-5-4-6-10(7-9)11(12,13)14;1-2/h4-8H,3H2,1-2H3;1H3. The van der Waals surface area contributed by atoms with Crippen molar-refractivity contribution in [1.82, 2.24) is 0 Å². The lowest BCUT2D eigenvalue weighted by Crippen LogP contribution is -2.05. The van der Waals surface area contributed by atoms with Gasteiger partial charge < -0.3 is 0 Å². The predicted octanol–water partition coefficient (Wildman–Crippen LogP) is 5.07. The molecule has 0 spiro atoms. The van der Waals surface area contributed by atoms with Gasteiger partial charge in [0.15, 0.2) is 0 Å². The lowest BCUT2D eigenvalue weighted by molar-refractivity contribution is -0.137. The van der Waals surface area contributed by atoms with E-state index in [9.17, 15) is 13.2 Å². The van der Waals surface area contributed by atoms with Crippen molar-refractivity contribution in [2.24, 2.45) is 0 Å². The third-order valence-corrected chi connectivity index (χ3v) is 2.40. The molecule has 0 aromatic heterocycles. The van der Waals surface area contributed by atoms with Crippen molar-refractivity contribution < 1.29 is 13.2 Å². The minimum absolute atomic E-state index is 0.178. The van der Waals surface area contributed by atoms with Crippen LogP contribution in [0, 0.1) is 0 Å². The monoisotopic (exact) mass is 252 g/mol. The van der Waals surface area contributed by atoms with Gasteiger partial charge in [-0.1, -0.05) is 32.0 Å². The molecule has 1 rings (SSSR count). The Morgan fingerprint density at radius 3 is 2.25 bits per heavy atom. The average molecular weight is 253 g/mol. The molecule has 0 N–H and O–H groups in total. The number of benzene rings is 1. The quantitative estimate of drug-likeness (QED) is 0.645. The second-order valence-corrected chi connectivity index (χ2v) is 3.43. The van der Waals surface area contributed by atoms with E-state index in [0.29, 0.717) is 0 Å². The summed E-state index contributed by atoms with van der Waals surface area (Å²) in [6.45, 7) is 3.89. The topological polar surface area (TPSA) is 0 Å². The second-order valence-electron chi connectivity index (χ2n) is 3.43. The summed E-state index contributed by atoms with van der Waals surface area (Å²) in [6.07, 6.45) is -1.91. The van der Waals surface area contributed by atoms with Gasteiger partial charge in [0.25, 0.3) is 0 Å². The first-order valence-corrected chi connectivity index (χ1v) is 5.75. The molecular weight excluding hydrogens is 237 g/mol. The molecule has 0 nitrogen and oxygen atoms in total. The van der Waals surface area contributed by atoms with Crippen LogP contribution in [0.25, 0.3) is 0 Å². The Labute approximate surface area is 99.4 Å². The summed E-state index contributed by atoms with van der Waals surface area (Å²) in [5.41, 5.74) is 0.192. The molecule has 0 aliphatic carbocycles. The number of hydrogen-bond acceptors (Lipinski definition) is 0. The number of halogens is 4. The van der Waals surface area contributed by atoms with Crippen LogP contribution in [0.2, 0.25) is 0 Å². The Bertz CT molecular complexity index is 307. The third-order valence-electron chi connectivity index (χ3n) is 2.40. The van der Waals surface area contributed by atoms with Crippen LogP contribution in [0.3, 0.4) is 0 Å². The maximum atomic E-state index is 12.3. The molecule has 1 unspecified atom stereocenters. The molecule has 1 aromatic rings. The van der Waals surface area contributed by atoms with E-state index in [1.165, 1.54) is 18.5 Å². The number of rotatable bonds is 2. The van der Waals surface area contributed by atoms with Gasteiger partial charge in [0.05, 0.1) is 5.56 Å². The predicted molar refractivity (Wildman–Crippen MR) is 61.9 cm³/mol. The van der Waals surface area contributed by atoms with E-state index in [2.05, 4.69) is 11.6 Å². The van der Waals surface area contributed by atoms with Crippen molar-refractivity contribution in [3.63, 3.8) is 0 Å². The zero-order chi connectivity index (χ0) is 12.8. The molecule has 4 heteroatoms. The number of alkyl halides is 4. The van der Waals surface area contributed by atoms with Crippen LogP contribution in [-0.4, -0.2) is 6.38 Å². The summed E-state index contributed by atoms with van der Waals surface area (Å²) in [5.74, 6) is 0.178. The molecule has 1 aromatic carbocycles. The van der Waals surface area contributed by atoms with E-state index in [4.69, 9.17) is 0 Å². The molecule has 0 aliphatic rings. The van der Waals surface area contributed by atoms with Crippen molar-refractivity contribution in [2.45, 2.75) is 32.4 Å². The van der Waals surface area contributed by atoms with Crippen LogP contribution >= 0.6 is 11.6 Å². The fourth-order valence-electron chi connectivity index (χ4n) is 1.26. The Balaban J connectivity index is 0.00000106. The normalized spacial score (nSPS) is 12.7. The zero-order valence-electron chi connectivity index (χ0n) is 9.61. The summed E-state index contributed by atoms with van der Waals surface area (Å²) in [4.78, 5) is 0. The first kappa shape index (κ1) is 15.3. The molecule has 0 amide bonds. The van der Waals surface area contributed by atoms with E-state index >= 15 is 0 Å². The molecular formula is C12H16ClF3. The van der Waals surface area contributed by atoms with Gasteiger partial charge in [-0.05, 0) is 24.0 Å². The highest BCUT2D eigenvalue weighted by Gasteiger charge is 2.30. The maximum absolute atomic E-state index is 12.3. The summed E-state index contributed by atoms with van der Waals surface area (Å²) in [6, 6.07) is 5.54. The van der Waals surface area contributed by atoms with Crippen LogP contribution in [-0.2, 0) is 6.18 Å². The molecule has 0 saturated heterocycles. The van der Waals surface area contributed by atoms with E-state index in [1.807, 2.05) is 13.8 Å². The Hall–Kier alpha value is -0.700. The maximum Gasteiger partial charge on any atom is 0.416 e. The summed E-state index contributed by atoms with van der Waals surface area (Å²) in [5, 5.41) is 0. The van der Waals surface area contributed by atoms with E-state index in [0.717, 1.165) is 18.1 Å². The number of hydrogen-bond donors (Lipinski definition) is 0. The van der Waals surface area contributed by atoms with E-state index < -0.39 is 11.7 Å². The van der Waals surface area contributed by atoms with Gasteiger partial charge in [0.2, 0.25) is 0 Å². The smallest absolute Gasteiger partial charge is 0.166 e. The first-order chi connectivity index (χ1) is 7.45. The van der Waals surface area contributed by atoms with Crippen molar-refractivity contribution >= 4 is 11.6 Å². The van der Waals surface area contributed by atoms with Gasteiger partial charge in [-0.25, -0.2) is 0 Å². The van der Waals surface area contributed by atoms with Gasteiger partial charge >= 0.3 is 6.18 Å². The molecule has 0 heterocycles. The van der Waals surface area contributed by atoms with E-state index in [1.54, 1.807) is 6.07 Å². The zero-order valence-corrected chi connectivity index (χ0v) is 10.4. The van der Waals surface area contributed by atoms with Gasteiger partial charge in [-0.15, -0.1) is 11.6 Å². The summed E-state index contributed by atoms with van der Waals surface area (Å²) in [7, 11) is 0. The molecule has 16 heavy (non-hydrogen) atoms. The third kappa shape index (κ3) is 4.44. The molecule has 0 saturated carbocycles. The van der Waals surface area contributed by atoms with Crippen LogP contribution in [0.5, 0.6) is 0 Å². The Morgan fingerprint density at radius 2 is 1.81 bits per heavy atom. The molecule has 0 radical (unpaired) electrons. The Morgan fingerprint density at radius 1 is 1.25 bits per heavy atom. The molecule has 0 bridgehead atoms. The minimum atomic E-state index is -4.23. The molecule has 0 fully saturated rings. The first-order valence-electron chi connectivity index (χ1n) is 5.00. The molecule has 1 atom stereocenters. The largest absolute Gasteiger partial charge is 0.416 e. The minimum Gasteiger partial charge on any atom is -0.166 e. The lowest BCUT2D eigenvalue weighted by atomic mass is 9.97. The summed E-state index contributed by atoms with van der Waals surface area (Å²) >= 11 is 4.64. The van der Waals surface area contributed by atoms with Crippen LogP contribution in [0.15, 0.2) is 24.3 Å². The lowest BCUT2D eigenvalue weighted by Gasteiger charge is -2.12. The van der Waals surface area contributed by atoms with Gasteiger partial charge in [-0.3, -0.25) is 0 Å². The van der Waals surface area contributed by atoms with Gasteiger partial charge in [0.1, 0.15) is 0 Å². The fraction of sp³-hybridized carbons (Fsp3) is 0.500. The van der Waals surface area contributed by atoms with Crippen LogP contribution < -0.4 is 0 Å². The molecule has 0 aliphatic heterocycles. The van der Waals surface area contributed by atoms with Crippen molar-refractivity contribution in [1.29, 1.82) is 0 Å². The van der Waals surface area contributed by atoms with Crippen LogP contribution in [0.4, 0.5) is 13.2 Å². The highest BCUT2D eigenvalue weighted by Crippen LogP contribution is 2.31. The van der Waals surface area contributed by atoms with Gasteiger partial charge in [-0.2, -0.15) is 13.2 Å². The van der Waals surface area contributed by atoms with Crippen molar-refractivity contribution in [3.05, 3.63) is 35.4 Å². The SMILES string of the molecule is CCC(C)c1cccc(C(F)(F)F)c1.CCl. The fourth-order valence-corrected chi connectivity index (χ4v) is 1.26. The second kappa shape index (κ2) is 6.79. The van der Waals surface area contributed by atoms with Crippen molar-refractivity contribution in [3.8, 4) is 0 Å². The van der Waals surface area contributed by atoms with E-state index in [-0.39, 0.29) is 5.92 Å². The van der Waals surface area contributed by atoms with Gasteiger partial charge in [0, 0.05) is 6.38 Å². The van der Waals surface area contributed by atoms with Crippen molar-refractivity contribution in [2.75, 3.05) is 6.38 Å². The van der Waals surface area contributed by atoms with Crippen LogP contribution in [0.1, 0.15) is 37.3 Å². The highest BCUT2D eigenvalue weighted by atomic mass is 35.5. The Kier molecular flexibility index (Phi) is 6.49.